The number of benzene rings is 2. The lowest BCUT2D eigenvalue weighted by atomic mass is 10.2. The van der Waals surface area contributed by atoms with Gasteiger partial charge in [0.25, 0.3) is 0 Å². The van der Waals surface area contributed by atoms with Gasteiger partial charge in [0, 0.05) is 37.8 Å². The summed E-state index contributed by atoms with van der Waals surface area (Å²) in [5, 5.41) is 6.32. The molecule has 0 saturated heterocycles. The number of guanidine groups is 1. The fourth-order valence-corrected chi connectivity index (χ4v) is 3.30. The Morgan fingerprint density at radius 1 is 1.07 bits per heavy atom. The van der Waals surface area contributed by atoms with Crippen LogP contribution in [0.2, 0.25) is 0 Å². The van der Waals surface area contributed by atoms with Crippen molar-refractivity contribution in [3.8, 4) is 0 Å². The number of hydrogen-bond acceptors (Lipinski definition) is 4. The van der Waals surface area contributed by atoms with Crippen molar-refractivity contribution in [2.75, 3.05) is 46.3 Å². The molecule has 0 heterocycles. The molecule has 0 aliphatic rings. The van der Waals surface area contributed by atoms with Gasteiger partial charge in [-0.1, -0.05) is 24.3 Å². The van der Waals surface area contributed by atoms with E-state index in [9.17, 15) is 4.79 Å². The fraction of sp³-hybridized carbons (Fsp3) is 0.364. The molecule has 0 aliphatic heterocycles. The first kappa shape index (κ1) is 22.8. The minimum absolute atomic E-state index is 0.0249. The third-order valence-corrected chi connectivity index (χ3v) is 5.02. The number of nitrogens with zero attached hydrogens (tertiary/aromatic N) is 3. The molecule has 2 aromatic rings. The number of aliphatic imine (C=N–C) groups is 1. The molecule has 0 unspecified atom stereocenters. The van der Waals surface area contributed by atoms with E-state index in [4.69, 9.17) is 0 Å². The van der Waals surface area contributed by atoms with Crippen LogP contribution in [0.4, 0.5) is 5.69 Å². The molecule has 6 nitrogen and oxygen atoms in total. The van der Waals surface area contributed by atoms with E-state index < -0.39 is 0 Å². The summed E-state index contributed by atoms with van der Waals surface area (Å²) in [4.78, 5) is 21.5. The van der Waals surface area contributed by atoms with Crippen LogP contribution in [-0.4, -0.2) is 62.7 Å². The van der Waals surface area contributed by atoms with Crippen LogP contribution in [0.3, 0.4) is 0 Å². The van der Waals surface area contributed by atoms with E-state index in [0.717, 1.165) is 23.8 Å². The van der Waals surface area contributed by atoms with Gasteiger partial charge in [-0.15, -0.1) is 11.8 Å². The van der Waals surface area contributed by atoms with Crippen molar-refractivity contribution in [2.45, 2.75) is 18.0 Å². The predicted molar refractivity (Wildman–Crippen MR) is 124 cm³/mol. The Hall–Kier alpha value is -2.51. The number of anilines is 1. The topological polar surface area (TPSA) is 60.0 Å². The summed E-state index contributed by atoms with van der Waals surface area (Å²) in [6.45, 7) is 1.76. The van der Waals surface area contributed by atoms with Gasteiger partial charge in [0.15, 0.2) is 5.96 Å². The van der Waals surface area contributed by atoms with Crippen LogP contribution < -0.4 is 10.6 Å². The van der Waals surface area contributed by atoms with E-state index in [0.29, 0.717) is 13.1 Å². The van der Waals surface area contributed by atoms with Gasteiger partial charge in [0.05, 0.1) is 6.54 Å². The Bertz CT molecular complexity index is 820. The maximum absolute atomic E-state index is 12.0. The molecule has 0 radical (unpaired) electrons. The number of nitrogens with one attached hydrogen (secondary N) is 2. The fourth-order valence-electron chi connectivity index (χ4n) is 2.89. The molecule has 1 amide bonds. The van der Waals surface area contributed by atoms with Gasteiger partial charge in [-0.05, 0) is 55.7 Å². The van der Waals surface area contributed by atoms with Crippen molar-refractivity contribution in [2.24, 2.45) is 4.99 Å². The molecular formula is C22H31N5OS. The average molecular weight is 414 g/mol. The summed E-state index contributed by atoms with van der Waals surface area (Å²) in [7, 11) is 7.56. The van der Waals surface area contributed by atoms with E-state index in [1.807, 2.05) is 50.3 Å². The summed E-state index contributed by atoms with van der Waals surface area (Å²) in [6, 6.07) is 16.4. The molecule has 156 valence electrons. The second-order valence-corrected chi connectivity index (χ2v) is 7.97. The van der Waals surface area contributed by atoms with Gasteiger partial charge < -0.3 is 20.4 Å². The molecule has 0 aliphatic carbocycles. The van der Waals surface area contributed by atoms with E-state index in [-0.39, 0.29) is 5.91 Å². The van der Waals surface area contributed by atoms with Crippen molar-refractivity contribution in [1.82, 2.24) is 15.1 Å². The third-order valence-electron chi connectivity index (χ3n) is 4.27. The molecule has 0 spiro atoms. The quantitative estimate of drug-likeness (QED) is 0.396. The highest BCUT2D eigenvalue weighted by atomic mass is 32.2. The monoisotopic (exact) mass is 413 g/mol. The van der Waals surface area contributed by atoms with Crippen molar-refractivity contribution >= 4 is 29.3 Å². The summed E-state index contributed by atoms with van der Waals surface area (Å²) in [5.41, 5.74) is 3.11. The maximum Gasteiger partial charge on any atom is 0.238 e. The van der Waals surface area contributed by atoms with Crippen LogP contribution >= 0.6 is 11.8 Å². The van der Waals surface area contributed by atoms with Crippen molar-refractivity contribution in [1.29, 1.82) is 0 Å². The second-order valence-electron chi connectivity index (χ2n) is 7.09. The lowest BCUT2D eigenvalue weighted by molar-refractivity contribution is -0.116. The summed E-state index contributed by atoms with van der Waals surface area (Å²) < 4.78 is 0. The van der Waals surface area contributed by atoms with Gasteiger partial charge in [-0.2, -0.15) is 0 Å². The minimum Gasteiger partial charge on any atom is -0.352 e. The van der Waals surface area contributed by atoms with Crippen LogP contribution in [0.15, 0.2) is 58.4 Å². The van der Waals surface area contributed by atoms with Gasteiger partial charge in [0.2, 0.25) is 5.91 Å². The van der Waals surface area contributed by atoms with E-state index in [1.165, 1.54) is 10.5 Å². The van der Waals surface area contributed by atoms with E-state index in [1.54, 1.807) is 18.8 Å². The van der Waals surface area contributed by atoms with Crippen LogP contribution in [0, 0.1) is 0 Å². The third kappa shape index (κ3) is 7.79. The largest absolute Gasteiger partial charge is 0.352 e. The number of carbonyl (C=O) groups excluding carboxylic acids is 1. The maximum atomic E-state index is 12.0. The Balaban J connectivity index is 1.92. The lowest BCUT2D eigenvalue weighted by Crippen LogP contribution is -2.38. The Morgan fingerprint density at radius 3 is 2.41 bits per heavy atom. The highest BCUT2D eigenvalue weighted by molar-refractivity contribution is 7.98. The smallest absolute Gasteiger partial charge is 0.238 e. The van der Waals surface area contributed by atoms with Crippen molar-refractivity contribution in [3.05, 3.63) is 59.7 Å². The number of rotatable bonds is 8. The number of thioether (sulfide) groups is 1. The molecule has 2 aromatic carbocycles. The zero-order valence-corrected chi connectivity index (χ0v) is 18.7. The summed E-state index contributed by atoms with van der Waals surface area (Å²) in [6.07, 6.45) is 2.08. The van der Waals surface area contributed by atoms with E-state index >= 15 is 0 Å². The molecule has 0 bridgehead atoms. The number of hydrogen-bond donors (Lipinski definition) is 2. The Kier molecular flexibility index (Phi) is 9.02. The predicted octanol–water partition coefficient (Wildman–Crippen LogP) is 3.12. The van der Waals surface area contributed by atoms with Crippen LogP contribution in [-0.2, 0) is 17.9 Å². The number of amides is 1. The summed E-state index contributed by atoms with van der Waals surface area (Å²) >= 11 is 1.74. The molecule has 2 rings (SSSR count). The standard InChI is InChI=1S/C22H31N5OS/c1-23-22(27(4)15-17-9-11-20(29-5)12-10-17)24-14-18-7-6-8-19(13-18)25-21(28)16-26(2)3/h6-13H,14-16H2,1-5H3,(H,23,24)(H,25,28). The Labute approximate surface area is 178 Å². The summed E-state index contributed by atoms with van der Waals surface area (Å²) in [5.74, 6) is 0.795. The van der Waals surface area contributed by atoms with Gasteiger partial charge >= 0.3 is 0 Å². The first-order chi connectivity index (χ1) is 13.9. The second kappa shape index (κ2) is 11.5. The normalized spacial score (nSPS) is 11.4. The average Bonchev–Trinajstić information content (AvgIpc) is 2.68. The number of likely N-dealkylation sites (N-methyl/N-ethyl adjacent to an activating group) is 1. The van der Waals surface area contributed by atoms with Crippen LogP contribution in [0.25, 0.3) is 0 Å². The minimum atomic E-state index is -0.0249. The van der Waals surface area contributed by atoms with Crippen molar-refractivity contribution < 1.29 is 4.79 Å². The lowest BCUT2D eigenvalue weighted by Gasteiger charge is -2.22. The SMILES string of the molecule is CN=C(NCc1cccc(NC(=O)CN(C)C)c1)N(C)Cc1ccc(SC)cc1. The first-order valence-corrected chi connectivity index (χ1v) is 10.7. The van der Waals surface area contributed by atoms with E-state index in [2.05, 4.69) is 51.0 Å². The molecule has 0 aromatic heterocycles. The number of carbonyl (C=O) groups is 1. The van der Waals surface area contributed by atoms with Crippen LogP contribution in [0.1, 0.15) is 11.1 Å². The van der Waals surface area contributed by atoms with Gasteiger partial charge in [-0.3, -0.25) is 9.79 Å². The van der Waals surface area contributed by atoms with Gasteiger partial charge in [0.1, 0.15) is 0 Å². The highest BCUT2D eigenvalue weighted by Crippen LogP contribution is 2.16. The molecule has 29 heavy (non-hydrogen) atoms. The first-order valence-electron chi connectivity index (χ1n) is 9.49. The Morgan fingerprint density at radius 2 is 1.79 bits per heavy atom. The van der Waals surface area contributed by atoms with Crippen molar-refractivity contribution in [3.63, 3.8) is 0 Å². The molecule has 0 atom stereocenters. The van der Waals surface area contributed by atoms with Gasteiger partial charge in [-0.25, -0.2) is 0 Å². The zero-order valence-electron chi connectivity index (χ0n) is 17.9. The molecule has 0 saturated carbocycles. The zero-order chi connectivity index (χ0) is 21.2. The molecular weight excluding hydrogens is 382 g/mol. The molecule has 0 fully saturated rings. The molecule has 2 N–H and O–H groups in total. The molecule has 7 heteroatoms. The highest BCUT2D eigenvalue weighted by Gasteiger charge is 2.08. The van der Waals surface area contributed by atoms with Crippen LogP contribution in [0.5, 0.6) is 0 Å².